The summed E-state index contributed by atoms with van der Waals surface area (Å²) < 4.78 is 12.9. The number of hydrogen-bond donors (Lipinski definition) is 0. The molecule has 0 atom stereocenters. The molecule has 0 N–H and O–H groups in total. The molecule has 1 aromatic heterocycles. The lowest BCUT2D eigenvalue weighted by Gasteiger charge is -2.38. The number of hydrogen-bond acceptors (Lipinski definition) is 6. The predicted molar refractivity (Wildman–Crippen MR) is 139 cm³/mol. The van der Waals surface area contributed by atoms with Crippen molar-refractivity contribution in [2.75, 3.05) is 18.4 Å². The van der Waals surface area contributed by atoms with Gasteiger partial charge in [0, 0.05) is 24.2 Å². The van der Waals surface area contributed by atoms with E-state index in [0.717, 1.165) is 45.1 Å². The van der Waals surface area contributed by atoms with Gasteiger partial charge in [-0.3, -0.25) is 19.2 Å². The SMILES string of the molecule is Cc1cccc(N2CN(Cc3ccc4c(c3)OCO4)Cn3c2nc(C)c(Cc2ccccc2)c3=O)c1. The van der Waals surface area contributed by atoms with Crippen LogP contribution in [0.15, 0.2) is 77.6 Å². The molecule has 0 amide bonds. The Morgan fingerprint density at radius 3 is 2.53 bits per heavy atom. The number of benzene rings is 3. The average Bonchev–Trinajstić information content (AvgIpc) is 3.35. The fourth-order valence-corrected chi connectivity index (χ4v) is 4.92. The number of rotatable bonds is 5. The van der Waals surface area contributed by atoms with E-state index in [0.29, 0.717) is 32.3 Å². The van der Waals surface area contributed by atoms with Gasteiger partial charge in [-0.15, -0.1) is 0 Å². The van der Waals surface area contributed by atoms with E-state index >= 15 is 0 Å². The molecule has 3 aromatic carbocycles. The van der Waals surface area contributed by atoms with Crippen LogP contribution in [0, 0.1) is 13.8 Å². The number of ether oxygens (including phenoxy) is 2. The summed E-state index contributed by atoms with van der Waals surface area (Å²) in [6.07, 6.45) is 0.561. The summed E-state index contributed by atoms with van der Waals surface area (Å²) in [7, 11) is 0. The molecule has 2 aliphatic rings. The van der Waals surface area contributed by atoms with Crippen LogP contribution in [-0.2, 0) is 19.6 Å². The lowest BCUT2D eigenvalue weighted by Crippen LogP contribution is -2.47. The summed E-state index contributed by atoms with van der Waals surface area (Å²) in [4.78, 5) is 23.2. The van der Waals surface area contributed by atoms with E-state index in [2.05, 4.69) is 41.0 Å². The summed E-state index contributed by atoms with van der Waals surface area (Å²) in [5, 5.41) is 0. The molecule has 0 aliphatic carbocycles. The molecule has 0 radical (unpaired) electrons. The van der Waals surface area contributed by atoms with Gasteiger partial charge in [-0.1, -0.05) is 48.5 Å². The van der Waals surface area contributed by atoms with Crippen molar-refractivity contribution in [3.8, 4) is 11.5 Å². The van der Waals surface area contributed by atoms with Gasteiger partial charge >= 0.3 is 0 Å². The number of nitrogens with zero attached hydrogens (tertiary/aromatic N) is 4. The zero-order chi connectivity index (χ0) is 24.6. The normalized spacial score (nSPS) is 14.7. The Balaban J connectivity index is 1.40. The van der Waals surface area contributed by atoms with E-state index in [1.165, 1.54) is 0 Å². The van der Waals surface area contributed by atoms with Crippen LogP contribution in [0.1, 0.15) is 27.9 Å². The molecular formula is C29H28N4O3. The molecule has 6 rings (SSSR count). The Bertz CT molecular complexity index is 1480. The van der Waals surface area contributed by atoms with Crippen molar-refractivity contribution in [1.29, 1.82) is 0 Å². The minimum atomic E-state index is 0.00870. The predicted octanol–water partition coefficient (Wildman–Crippen LogP) is 4.75. The smallest absolute Gasteiger partial charge is 0.259 e. The van der Waals surface area contributed by atoms with Crippen LogP contribution in [0.5, 0.6) is 11.5 Å². The molecule has 7 nitrogen and oxygen atoms in total. The van der Waals surface area contributed by atoms with E-state index < -0.39 is 0 Å². The summed E-state index contributed by atoms with van der Waals surface area (Å²) in [6.45, 7) is 6.00. The van der Waals surface area contributed by atoms with Crippen LogP contribution >= 0.6 is 0 Å². The standard InChI is InChI=1S/C29H28N4O3/c1-20-7-6-10-24(13-20)32-17-31(16-23-11-12-26-27(15-23)36-19-35-26)18-33-28(34)25(21(2)30-29(32)33)14-22-8-4-3-5-9-22/h3-13,15H,14,16-19H2,1-2H3. The highest BCUT2D eigenvalue weighted by molar-refractivity contribution is 5.59. The van der Waals surface area contributed by atoms with Gasteiger partial charge in [0.25, 0.3) is 5.56 Å². The van der Waals surface area contributed by atoms with E-state index in [1.54, 1.807) is 0 Å². The van der Waals surface area contributed by atoms with Crippen LogP contribution in [0.2, 0.25) is 0 Å². The maximum absolute atomic E-state index is 13.9. The Hall–Kier alpha value is -4.10. The quantitative estimate of drug-likeness (QED) is 0.411. The number of aromatic nitrogens is 2. The topological polar surface area (TPSA) is 59.8 Å². The van der Waals surface area contributed by atoms with E-state index in [1.807, 2.05) is 60.0 Å². The fourth-order valence-electron chi connectivity index (χ4n) is 4.92. The third-order valence-electron chi connectivity index (χ3n) is 6.75. The van der Waals surface area contributed by atoms with Gasteiger partial charge in [0.05, 0.1) is 19.0 Å². The van der Waals surface area contributed by atoms with Crippen LogP contribution in [0.25, 0.3) is 0 Å². The van der Waals surface area contributed by atoms with Gasteiger partial charge in [-0.05, 0) is 54.8 Å². The van der Waals surface area contributed by atoms with E-state index in [4.69, 9.17) is 14.5 Å². The summed E-state index contributed by atoms with van der Waals surface area (Å²) in [5.74, 6) is 2.22. The molecule has 2 aliphatic heterocycles. The lowest BCUT2D eigenvalue weighted by molar-refractivity contribution is 0.173. The first-order chi connectivity index (χ1) is 17.5. The molecule has 182 valence electrons. The van der Waals surface area contributed by atoms with Crippen molar-refractivity contribution in [3.05, 3.63) is 111 Å². The molecule has 0 fully saturated rings. The van der Waals surface area contributed by atoms with Crippen LogP contribution in [0.3, 0.4) is 0 Å². The number of aryl methyl sites for hydroxylation is 2. The van der Waals surface area contributed by atoms with Crippen molar-refractivity contribution >= 4 is 11.6 Å². The third-order valence-corrected chi connectivity index (χ3v) is 6.75. The molecule has 0 unspecified atom stereocenters. The number of fused-ring (bicyclic) bond motifs is 2. The van der Waals surface area contributed by atoms with Crippen molar-refractivity contribution in [2.24, 2.45) is 0 Å². The van der Waals surface area contributed by atoms with E-state index in [9.17, 15) is 4.79 Å². The second-order valence-corrected chi connectivity index (χ2v) is 9.44. The number of anilines is 2. The molecule has 36 heavy (non-hydrogen) atoms. The Morgan fingerprint density at radius 1 is 0.861 bits per heavy atom. The molecule has 7 heteroatoms. The van der Waals surface area contributed by atoms with Crippen molar-refractivity contribution in [2.45, 2.75) is 33.5 Å². The maximum atomic E-state index is 13.9. The van der Waals surface area contributed by atoms with Gasteiger partial charge in [-0.25, -0.2) is 4.98 Å². The van der Waals surface area contributed by atoms with Gasteiger partial charge < -0.3 is 9.47 Å². The highest BCUT2D eigenvalue weighted by atomic mass is 16.7. The molecule has 0 saturated carbocycles. The minimum Gasteiger partial charge on any atom is -0.454 e. The minimum absolute atomic E-state index is 0.00870. The third kappa shape index (κ3) is 4.22. The monoisotopic (exact) mass is 480 g/mol. The van der Waals surface area contributed by atoms with Gasteiger partial charge in [0.15, 0.2) is 11.5 Å². The average molecular weight is 481 g/mol. The van der Waals surface area contributed by atoms with Crippen LogP contribution in [-0.4, -0.2) is 27.9 Å². The first kappa shape index (κ1) is 22.4. The summed E-state index contributed by atoms with van der Waals surface area (Å²) in [6, 6.07) is 24.4. The van der Waals surface area contributed by atoms with Crippen molar-refractivity contribution < 1.29 is 9.47 Å². The van der Waals surface area contributed by atoms with Crippen molar-refractivity contribution in [1.82, 2.24) is 14.5 Å². The maximum Gasteiger partial charge on any atom is 0.259 e. The molecule has 0 spiro atoms. The summed E-state index contributed by atoms with van der Waals surface area (Å²) >= 11 is 0. The Morgan fingerprint density at radius 2 is 1.69 bits per heavy atom. The van der Waals surface area contributed by atoms with Gasteiger partial charge in [-0.2, -0.15) is 0 Å². The zero-order valence-corrected chi connectivity index (χ0v) is 20.5. The van der Waals surface area contributed by atoms with Crippen LogP contribution < -0.4 is 19.9 Å². The zero-order valence-electron chi connectivity index (χ0n) is 20.5. The first-order valence-corrected chi connectivity index (χ1v) is 12.1. The Kier molecular flexibility index (Phi) is 5.70. The molecule has 0 saturated heterocycles. The lowest BCUT2D eigenvalue weighted by atomic mass is 10.1. The Labute approximate surface area is 210 Å². The van der Waals surface area contributed by atoms with Crippen molar-refractivity contribution in [3.63, 3.8) is 0 Å². The van der Waals surface area contributed by atoms with E-state index in [-0.39, 0.29) is 12.4 Å². The highest BCUT2D eigenvalue weighted by Gasteiger charge is 2.28. The highest BCUT2D eigenvalue weighted by Crippen LogP contribution is 2.34. The van der Waals surface area contributed by atoms with Gasteiger partial charge in [0.1, 0.15) is 0 Å². The molecule has 3 heterocycles. The molecule has 4 aromatic rings. The van der Waals surface area contributed by atoms with Gasteiger partial charge in [0.2, 0.25) is 12.7 Å². The first-order valence-electron chi connectivity index (χ1n) is 12.1. The fraction of sp³-hybridized carbons (Fsp3) is 0.241. The molecule has 0 bridgehead atoms. The van der Waals surface area contributed by atoms with Crippen LogP contribution in [0.4, 0.5) is 11.6 Å². The summed E-state index contributed by atoms with van der Waals surface area (Å²) in [5.41, 5.74) is 5.89. The second-order valence-electron chi connectivity index (χ2n) is 9.44. The second kappa shape index (κ2) is 9.17. The molecular weight excluding hydrogens is 452 g/mol. The largest absolute Gasteiger partial charge is 0.454 e.